The quantitative estimate of drug-likeness (QED) is 0.692. The third kappa shape index (κ3) is 5.73. The van der Waals surface area contributed by atoms with E-state index in [1.54, 1.807) is 7.11 Å². The first-order valence-electron chi connectivity index (χ1n) is 8.12. The van der Waals surface area contributed by atoms with Crippen LogP contribution in [-0.4, -0.2) is 59.8 Å². The lowest BCUT2D eigenvalue weighted by Gasteiger charge is -2.31. The highest BCUT2D eigenvalue weighted by Gasteiger charge is 2.18. The highest BCUT2D eigenvalue weighted by Crippen LogP contribution is 2.16. The number of aromatic nitrogens is 3. The molecule has 21 heavy (non-hydrogen) atoms. The van der Waals surface area contributed by atoms with Crippen LogP contribution in [0.1, 0.15) is 31.9 Å². The molecule has 0 amide bonds. The molecule has 1 aromatic heterocycles. The Morgan fingerprint density at radius 3 is 2.86 bits per heavy atom. The van der Waals surface area contributed by atoms with Gasteiger partial charge >= 0.3 is 0 Å². The van der Waals surface area contributed by atoms with Gasteiger partial charge in [-0.25, -0.2) is 0 Å². The molecule has 120 valence electrons. The first-order valence-corrected chi connectivity index (χ1v) is 8.12. The zero-order chi connectivity index (χ0) is 14.9. The number of methoxy groups -OCH3 is 1. The SMILES string of the molecule is CCCNCc1cn(CCN2CCC(COC)CC2)nn1. The number of nitrogens with one attached hydrogen (secondary N) is 1. The van der Waals surface area contributed by atoms with Gasteiger partial charge in [-0.3, -0.25) is 4.68 Å². The summed E-state index contributed by atoms with van der Waals surface area (Å²) in [6, 6.07) is 0. The smallest absolute Gasteiger partial charge is 0.0964 e. The van der Waals surface area contributed by atoms with Crippen LogP contribution in [0.25, 0.3) is 0 Å². The zero-order valence-electron chi connectivity index (χ0n) is 13.4. The van der Waals surface area contributed by atoms with Crippen molar-refractivity contribution in [1.82, 2.24) is 25.2 Å². The minimum absolute atomic E-state index is 0.744. The Morgan fingerprint density at radius 1 is 1.33 bits per heavy atom. The van der Waals surface area contributed by atoms with E-state index in [-0.39, 0.29) is 0 Å². The molecule has 1 aliphatic rings. The molecule has 1 fully saturated rings. The van der Waals surface area contributed by atoms with Gasteiger partial charge in [-0.2, -0.15) is 0 Å². The van der Waals surface area contributed by atoms with Gasteiger partial charge in [-0.1, -0.05) is 12.1 Å². The summed E-state index contributed by atoms with van der Waals surface area (Å²) < 4.78 is 7.20. The minimum Gasteiger partial charge on any atom is -0.384 e. The van der Waals surface area contributed by atoms with Crippen molar-refractivity contribution in [1.29, 1.82) is 0 Å². The Bertz CT molecular complexity index is 387. The van der Waals surface area contributed by atoms with Gasteiger partial charge in [0.05, 0.1) is 12.2 Å². The highest BCUT2D eigenvalue weighted by molar-refractivity contribution is 4.91. The minimum atomic E-state index is 0.744. The van der Waals surface area contributed by atoms with Crippen LogP contribution in [0.2, 0.25) is 0 Å². The summed E-state index contributed by atoms with van der Waals surface area (Å²) in [5.74, 6) is 0.744. The van der Waals surface area contributed by atoms with Gasteiger partial charge in [0.15, 0.2) is 0 Å². The number of nitrogens with zero attached hydrogens (tertiary/aromatic N) is 4. The van der Waals surface area contributed by atoms with E-state index in [1.165, 1.54) is 25.9 Å². The summed E-state index contributed by atoms with van der Waals surface area (Å²) in [5.41, 5.74) is 1.03. The van der Waals surface area contributed by atoms with Gasteiger partial charge in [0, 0.05) is 33.0 Å². The molecular weight excluding hydrogens is 266 g/mol. The van der Waals surface area contributed by atoms with Gasteiger partial charge in [0.25, 0.3) is 0 Å². The van der Waals surface area contributed by atoms with Crippen molar-refractivity contribution in [2.24, 2.45) is 5.92 Å². The maximum absolute atomic E-state index is 5.24. The number of piperidine rings is 1. The second-order valence-electron chi connectivity index (χ2n) is 5.89. The van der Waals surface area contributed by atoms with E-state index in [0.717, 1.165) is 50.8 Å². The van der Waals surface area contributed by atoms with Gasteiger partial charge in [0.2, 0.25) is 0 Å². The van der Waals surface area contributed by atoms with Crippen LogP contribution < -0.4 is 5.32 Å². The largest absolute Gasteiger partial charge is 0.384 e. The van der Waals surface area contributed by atoms with Crippen molar-refractivity contribution in [2.75, 3.05) is 39.9 Å². The maximum Gasteiger partial charge on any atom is 0.0964 e. The first-order chi connectivity index (χ1) is 10.3. The zero-order valence-corrected chi connectivity index (χ0v) is 13.4. The fourth-order valence-corrected chi connectivity index (χ4v) is 2.78. The molecule has 1 saturated heterocycles. The molecule has 1 aliphatic heterocycles. The molecule has 0 unspecified atom stereocenters. The third-order valence-electron chi connectivity index (χ3n) is 4.07. The molecule has 1 aromatic rings. The lowest BCUT2D eigenvalue weighted by Crippen LogP contribution is -2.37. The van der Waals surface area contributed by atoms with Crippen LogP contribution in [0.4, 0.5) is 0 Å². The summed E-state index contributed by atoms with van der Waals surface area (Å²) in [6.45, 7) is 9.26. The Labute approximate surface area is 127 Å². The monoisotopic (exact) mass is 295 g/mol. The second-order valence-corrected chi connectivity index (χ2v) is 5.89. The first kappa shape index (κ1) is 16.4. The van der Waals surface area contributed by atoms with E-state index >= 15 is 0 Å². The van der Waals surface area contributed by atoms with Crippen LogP contribution in [0, 0.1) is 5.92 Å². The maximum atomic E-state index is 5.24. The molecule has 0 spiro atoms. The number of likely N-dealkylation sites (tertiary alicyclic amines) is 1. The summed E-state index contributed by atoms with van der Waals surface area (Å²) >= 11 is 0. The van der Waals surface area contributed by atoms with Crippen LogP contribution in [0.5, 0.6) is 0 Å². The van der Waals surface area contributed by atoms with Crippen LogP contribution in [0.15, 0.2) is 6.20 Å². The fraction of sp³-hybridized carbons (Fsp3) is 0.867. The molecule has 0 saturated carbocycles. The average Bonchev–Trinajstić information content (AvgIpc) is 2.95. The number of rotatable bonds is 9. The van der Waals surface area contributed by atoms with Crippen LogP contribution in [-0.2, 0) is 17.8 Å². The molecule has 2 heterocycles. The van der Waals surface area contributed by atoms with Crippen molar-refractivity contribution >= 4 is 0 Å². The van der Waals surface area contributed by atoms with Crippen LogP contribution in [0.3, 0.4) is 0 Å². The van der Waals surface area contributed by atoms with Crippen molar-refractivity contribution < 1.29 is 4.74 Å². The molecule has 1 N–H and O–H groups in total. The number of hydrogen-bond donors (Lipinski definition) is 1. The number of hydrogen-bond acceptors (Lipinski definition) is 5. The second kappa shape index (κ2) is 9.12. The van der Waals surface area contributed by atoms with E-state index in [1.807, 2.05) is 4.68 Å². The normalized spacial score (nSPS) is 17.4. The van der Waals surface area contributed by atoms with E-state index in [4.69, 9.17) is 4.74 Å². The fourth-order valence-electron chi connectivity index (χ4n) is 2.78. The van der Waals surface area contributed by atoms with Gasteiger partial charge in [-0.05, 0) is 44.8 Å². The van der Waals surface area contributed by atoms with Crippen LogP contribution >= 0.6 is 0 Å². The molecule has 0 aromatic carbocycles. The van der Waals surface area contributed by atoms with Crippen molar-refractivity contribution in [3.05, 3.63) is 11.9 Å². The Kier molecular flexibility index (Phi) is 7.12. The van der Waals surface area contributed by atoms with Gasteiger partial charge in [0.1, 0.15) is 0 Å². The van der Waals surface area contributed by atoms with E-state index in [0.29, 0.717) is 0 Å². The standard InChI is InChI=1S/C15H29N5O/c1-3-6-16-11-15-12-20(18-17-15)10-9-19-7-4-14(5-8-19)13-21-2/h12,14,16H,3-11,13H2,1-2H3. The Balaban J connectivity index is 1.64. The summed E-state index contributed by atoms with van der Waals surface area (Å²) in [4.78, 5) is 2.52. The Morgan fingerprint density at radius 2 is 2.14 bits per heavy atom. The molecule has 0 aliphatic carbocycles. The van der Waals surface area contributed by atoms with E-state index in [9.17, 15) is 0 Å². The van der Waals surface area contributed by atoms with E-state index < -0.39 is 0 Å². The van der Waals surface area contributed by atoms with Crippen molar-refractivity contribution in [2.45, 2.75) is 39.3 Å². The van der Waals surface area contributed by atoms with Gasteiger partial charge in [-0.15, -0.1) is 5.10 Å². The van der Waals surface area contributed by atoms with E-state index in [2.05, 4.69) is 33.6 Å². The molecule has 6 nitrogen and oxygen atoms in total. The topological polar surface area (TPSA) is 55.2 Å². The summed E-state index contributed by atoms with van der Waals surface area (Å²) in [7, 11) is 1.80. The lowest BCUT2D eigenvalue weighted by atomic mass is 9.98. The molecule has 0 bridgehead atoms. The molecular formula is C15H29N5O. The van der Waals surface area contributed by atoms with Gasteiger partial charge < -0.3 is 15.0 Å². The van der Waals surface area contributed by atoms with Crippen molar-refractivity contribution in [3.63, 3.8) is 0 Å². The number of ether oxygens (including phenoxy) is 1. The predicted octanol–water partition coefficient (Wildman–Crippen LogP) is 1.14. The molecule has 0 atom stereocenters. The average molecular weight is 295 g/mol. The third-order valence-corrected chi connectivity index (χ3v) is 4.07. The molecule has 2 rings (SSSR count). The summed E-state index contributed by atoms with van der Waals surface area (Å²) in [5, 5.41) is 11.8. The van der Waals surface area contributed by atoms with Crippen molar-refractivity contribution in [3.8, 4) is 0 Å². The lowest BCUT2D eigenvalue weighted by molar-refractivity contribution is 0.0976. The molecule has 6 heteroatoms. The predicted molar refractivity (Wildman–Crippen MR) is 83.1 cm³/mol. The molecule has 0 radical (unpaired) electrons. The highest BCUT2D eigenvalue weighted by atomic mass is 16.5. The Hall–Kier alpha value is -0.980. The summed E-state index contributed by atoms with van der Waals surface area (Å²) in [6.07, 6.45) is 5.70.